The summed E-state index contributed by atoms with van der Waals surface area (Å²) in [5.74, 6) is 2.21. The average Bonchev–Trinajstić information content (AvgIpc) is 3.24. The number of aromatic nitrogens is 5. The Morgan fingerprint density at radius 2 is 2.05 bits per heavy atom. The highest BCUT2D eigenvalue weighted by molar-refractivity contribution is 5.51. The van der Waals surface area contributed by atoms with Gasteiger partial charge in [-0.1, -0.05) is 0 Å². The maximum Gasteiger partial charge on any atom is 0.162 e. The van der Waals surface area contributed by atoms with Crippen LogP contribution in [-0.4, -0.2) is 38.8 Å². The minimum Gasteiger partial charge on any atom is -0.497 e. The molecule has 3 aromatic rings. The summed E-state index contributed by atoms with van der Waals surface area (Å²) in [7, 11) is 3.26. The van der Waals surface area contributed by atoms with Gasteiger partial charge in [0.15, 0.2) is 5.82 Å². The Bertz CT molecular complexity index is 751. The highest BCUT2D eigenvalue weighted by atomic mass is 16.5. The largest absolute Gasteiger partial charge is 0.497 e. The second-order valence-electron chi connectivity index (χ2n) is 4.76. The summed E-state index contributed by atoms with van der Waals surface area (Å²) in [6.45, 7) is 2.01. The molecular weight excluding hydrogens is 282 g/mol. The van der Waals surface area contributed by atoms with E-state index in [2.05, 4.69) is 15.3 Å². The van der Waals surface area contributed by atoms with Crippen LogP contribution >= 0.6 is 0 Å². The molecule has 0 aliphatic heterocycles. The van der Waals surface area contributed by atoms with Gasteiger partial charge in [0.05, 0.1) is 19.9 Å². The van der Waals surface area contributed by atoms with E-state index >= 15 is 0 Å². The van der Waals surface area contributed by atoms with Gasteiger partial charge in [-0.05, 0) is 25.1 Å². The molecule has 1 aromatic carbocycles. The number of ether oxygens (including phenoxy) is 2. The van der Waals surface area contributed by atoms with E-state index in [0.717, 1.165) is 23.0 Å². The first-order valence-electron chi connectivity index (χ1n) is 6.86. The Morgan fingerprint density at radius 1 is 1.18 bits per heavy atom. The predicted octanol–water partition coefficient (Wildman–Crippen LogP) is 2.09. The lowest BCUT2D eigenvalue weighted by Crippen LogP contribution is -2.13. The quantitative estimate of drug-likeness (QED) is 0.721. The number of methoxy groups -OCH3 is 2. The standard InChI is InChI=1S/C15H17N5O2/c1-11(20-8-4-7-17-20)15-18-16-10-19(15)13-9-12(21-2)5-6-14(13)22-3/h4-11H,1-3H3/t11-/m0/s1. The van der Waals surface area contributed by atoms with Crippen LogP contribution in [0, 0.1) is 0 Å². The van der Waals surface area contributed by atoms with Gasteiger partial charge in [-0.2, -0.15) is 5.10 Å². The molecule has 22 heavy (non-hydrogen) atoms. The van der Waals surface area contributed by atoms with Crippen molar-refractivity contribution in [3.8, 4) is 17.2 Å². The van der Waals surface area contributed by atoms with Crippen molar-refractivity contribution >= 4 is 0 Å². The van der Waals surface area contributed by atoms with Crippen LogP contribution in [0.2, 0.25) is 0 Å². The third-order valence-corrected chi connectivity index (χ3v) is 3.52. The fourth-order valence-electron chi connectivity index (χ4n) is 2.33. The van der Waals surface area contributed by atoms with E-state index in [1.807, 2.05) is 46.6 Å². The second-order valence-corrected chi connectivity index (χ2v) is 4.76. The van der Waals surface area contributed by atoms with E-state index in [1.165, 1.54) is 0 Å². The SMILES string of the molecule is COc1ccc(OC)c(-n2cnnc2[C@H](C)n2cccn2)c1. The van der Waals surface area contributed by atoms with Gasteiger partial charge in [0.2, 0.25) is 0 Å². The van der Waals surface area contributed by atoms with Gasteiger partial charge in [0, 0.05) is 18.5 Å². The summed E-state index contributed by atoms with van der Waals surface area (Å²) in [6.07, 6.45) is 5.29. The van der Waals surface area contributed by atoms with Crippen LogP contribution in [0.1, 0.15) is 18.8 Å². The fourth-order valence-corrected chi connectivity index (χ4v) is 2.33. The number of rotatable bonds is 5. The molecular formula is C15H17N5O2. The minimum absolute atomic E-state index is 0.0617. The number of nitrogens with zero attached hydrogens (tertiary/aromatic N) is 5. The molecule has 114 valence electrons. The molecule has 0 unspecified atom stereocenters. The normalized spacial score (nSPS) is 12.1. The number of hydrogen-bond donors (Lipinski definition) is 0. The molecule has 0 bridgehead atoms. The van der Waals surface area contributed by atoms with Crippen molar-refractivity contribution in [2.45, 2.75) is 13.0 Å². The van der Waals surface area contributed by atoms with E-state index in [4.69, 9.17) is 9.47 Å². The first-order chi connectivity index (χ1) is 10.7. The van der Waals surface area contributed by atoms with Crippen molar-refractivity contribution in [1.82, 2.24) is 24.5 Å². The first kappa shape index (κ1) is 14.1. The highest BCUT2D eigenvalue weighted by Crippen LogP contribution is 2.29. The lowest BCUT2D eigenvalue weighted by Gasteiger charge is -2.16. The molecule has 0 saturated heterocycles. The zero-order chi connectivity index (χ0) is 15.5. The Kier molecular flexibility index (Phi) is 3.78. The van der Waals surface area contributed by atoms with Crippen LogP contribution in [0.25, 0.3) is 5.69 Å². The molecule has 0 fully saturated rings. The third-order valence-electron chi connectivity index (χ3n) is 3.52. The Morgan fingerprint density at radius 3 is 2.73 bits per heavy atom. The number of benzene rings is 1. The van der Waals surface area contributed by atoms with E-state index in [0.29, 0.717) is 0 Å². The van der Waals surface area contributed by atoms with Crippen LogP contribution in [-0.2, 0) is 0 Å². The van der Waals surface area contributed by atoms with E-state index in [9.17, 15) is 0 Å². The summed E-state index contributed by atoms with van der Waals surface area (Å²) in [4.78, 5) is 0. The molecule has 0 spiro atoms. The van der Waals surface area contributed by atoms with Crippen LogP contribution in [0.5, 0.6) is 11.5 Å². The maximum atomic E-state index is 5.44. The van der Waals surface area contributed by atoms with Crippen molar-refractivity contribution < 1.29 is 9.47 Å². The van der Waals surface area contributed by atoms with Crippen molar-refractivity contribution in [3.63, 3.8) is 0 Å². The summed E-state index contributed by atoms with van der Waals surface area (Å²) < 4.78 is 14.4. The zero-order valence-electron chi connectivity index (χ0n) is 12.7. The summed E-state index contributed by atoms with van der Waals surface area (Å²) in [5.41, 5.74) is 0.820. The summed E-state index contributed by atoms with van der Waals surface area (Å²) in [6, 6.07) is 7.42. The smallest absolute Gasteiger partial charge is 0.162 e. The Labute approximate surface area is 128 Å². The van der Waals surface area contributed by atoms with Gasteiger partial charge in [-0.15, -0.1) is 10.2 Å². The van der Waals surface area contributed by atoms with Gasteiger partial charge in [-0.3, -0.25) is 9.25 Å². The van der Waals surface area contributed by atoms with Crippen molar-refractivity contribution in [2.24, 2.45) is 0 Å². The van der Waals surface area contributed by atoms with Crippen molar-refractivity contribution in [2.75, 3.05) is 14.2 Å². The van der Waals surface area contributed by atoms with E-state index in [1.54, 1.807) is 26.7 Å². The Hall–Kier alpha value is -2.83. The number of hydrogen-bond acceptors (Lipinski definition) is 5. The van der Waals surface area contributed by atoms with Crippen LogP contribution in [0.4, 0.5) is 0 Å². The molecule has 2 heterocycles. The predicted molar refractivity (Wildman–Crippen MR) is 80.5 cm³/mol. The van der Waals surface area contributed by atoms with Gasteiger partial charge < -0.3 is 9.47 Å². The topological polar surface area (TPSA) is 67.0 Å². The molecule has 0 saturated carbocycles. The maximum absolute atomic E-state index is 5.44. The van der Waals surface area contributed by atoms with Crippen LogP contribution in [0.3, 0.4) is 0 Å². The molecule has 0 radical (unpaired) electrons. The summed E-state index contributed by atoms with van der Waals surface area (Å²) >= 11 is 0. The third kappa shape index (κ3) is 2.41. The lowest BCUT2D eigenvalue weighted by atomic mass is 10.2. The minimum atomic E-state index is -0.0617. The van der Waals surface area contributed by atoms with E-state index in [-0.39, 0.29) is 6.04 Å². The second kappa shape index (κ2) is 5.88. The fraction of sp³-hybridized carbons (Fsp3) is 0.267. The van der Waals surface area contributed by atoms with Gasteiger partial charge in [0.25, 0.3) is 0 Å². The van der Waals surface area contributed by atoms with Gasteiger partial charge in [0.1, 0.15) is 23.9 Å². The van der Waals surface area contributed by atoms with Crippen molar-refractivity contribution in [1.29, 1.82) is 0 Å². The first-order valence-corrected chi connectivity index (χ1v) is 6.86. The molecule has 0 N–H and O–H groups in total. The average molecular weight is 299 g/mol. The van der Waals surface area contributed by atoms with Crippen molar-refractivity contribution in [3.05, 3.63) is 48.8 Å². The van der Waals surface area contributed by atoms with Crippen LogP contribution < -0.4 is 9.47 Å². The molecule has 0 amide bonds. The highest BCUT2D eigenvalue weighted by Gasteiger charge is 2.18. The Balaban J connectivity index is 2.09. The van der Waals surface area contributed by atoms with Crippen LogP contribution in [0.15, 0.2) is 43.0 Å². The van der Waals surface area contributed by atoms with Gasteiger partial charge >= 0.3 is 0 Å². The molecule has 2 aromatic heterocycles. The van der Waals surface area contributed by atoms with Gasteiger partial charge in [-0.25, -0.2) is 0 Å². The molecule has 7 nitrogen and oxygen atoms in total. The zero-order valence-corrected chi connectivity index (χ0v) is 12.7. The molecule has 0 aliphatic rings. The lowest BCUT2D eigenvalue weighted by molar-refractivity contribution is 0.400. The molecule has 1 atom stereocenters. The van der Waals surface area contributed by atoms with E-state index < -0.39 is 0 Å². The molecule has 3 rings (SSSR count). The summed E-state index contributed by atoms with van der Waals surface area (Å²) in [5, 5.41) is 12.5. The molecule has 0 aliphatic carbocycles. The monoisotopic (exact) mass is 299 g/mol. The molecule has 7 heteroatoms.